The molecule has 4 rings (SSSR count). The molecule has 152 valence electrons. The number of benzene rings is 2. The lowest BCUT2D eigenvalue weighted by Crippen LogP contribution is -2.27. The molecule has 2 aromatic heterocycles. The highest BCUT2D eigenvalue weighted by atomic mass is 16.2. The Hall–Kier alpha value is -3.67. The Kier molecular flexibility index (Phi) is 5.48. The van der Waals surface area contributed by atoms with Crippen LogP contribution in [-0.2, 0) is 4.79 Å². The fraction of sp³-hybridized carbons (Fsp3) is 0.208. The van der Waals surface area contributed by atoms with Crippen LogP contribution in [0, 0.1) is 13.8 Å². The molecule has 2 N–H and O–H groups in total. The number of aryl methyl sites for hydroxylation is 2. The maximum absolute atomic E-state index is 12.7. The summed E-state index contributed by atoms with van der Waals surface area (Å²) >= 11 is 0. The van der Waals surface area contributed by atoms with Gasteiger partial charge >= 0.3 is 0 Å². The Morgan fingerprint density at radius 1 is 1.00 bits per heavy atom. The number of amides is 2. The molecular formula is C24H24N4O2. The first-order valence-corrected chi connectivity index (χ1v) is 10.0. The van der Waals surface area contributed by atoms with Gasteiger partial charge in [0, 0.05) is 30.2 Å². The second-order valence-electron chi connectivity index (χ2n) is 7.36. The summed E-state index contributed by atoms with van der Waals surface area (Å²) in [5.41, 5.74) is 3.84. The van der Waals surface area contributed by atoms with Crippen LogP contribution in [-0.4, -0.2) is 27.7 Å². The number of carbonyl (C=O) groups is 2. The van der Waals surface area contributed by atoms with Gasteiger partial charge in [-0.2, -0.15) is 0 Å². The molecule has 2 aromatic carbocycles. The van der Waals surface area contributed by atoms with Gasteiger partial charge in [-0.3, -0.25) is 14.0 Å². The number of hydrogen-bond acceptors (Lipinski definition) is 3. The van der Waals surface area contributed by atoms with Crippen molar-refractivity contribution in [3.8, 4) is 0 Å². The van der Waals surface area contributed by atoms with Crippen molar-refractivity contribution in [2.45, 2.75) is 26.7 Å². The molecule has 6 heteroatoms. The van der Waals surface area contributed by atoms with E-state index in [9.17, 15) is 9.59 Å². The van der Waals surface area contributed by atoms with Crippen molar-refractivity contribution < 1.29 is 9.59 Å². The van der Waals surface area contributed by atoms with Crippen molar-refractivity contribution in [3.05, 3.63) is 77.7 Å². The highest BCUT2D eigenvalue weighted by molar-refractivity contribution is 6.02. The molecule has 30 heavy (non-hydrogen) atoms. The number of hydrogen-bond donors (Lipinski definition) is 2. The molecular weight excluding hydrogens is 376 g/mol. The Morgan fingerprint density at radius 3 is 2.67 bits per heavy atom. The fourth-order valence-corrected chi connectivity index (χ4v) is 3.67. The van der Waals surface area contributed by atoms with E-state index in [1.54, 1.807) is 0 Å². The van der Waals surface area contributed by atoms with Crippen LogP contribution in [0.3, 0.4) is 0 Å². The third kappa shape index (κ3) is 3.89. The molecule has 2 heterocycles. The minimum atomic E-state index is -0.180. The minimum Gasteiger partial charge on any atom is -0.351 e. The van der Waals surface area contributed by atoms with Crippen LogP contribution < -0.4 is 10.6 Å². The van der Waals surface area contributed by atoms with Gasteiger partial charge in [0.25, 0.3) is 5.91 Å². The van der Waals surface area contributed by atoms with Gasteiger partial charge < -0.3 is 10.6 Å². The fourth-order valence-electron chi connectivity index (χ4n) is 3.67. The van der Waals surface area contributed by atoms with Gasteiger partial charge in [-0.05, 0) is 43.4 Å². The summed E-state index contributed by atoms with van der Waals surface area (Å²) < 4.78 is 1.81. The lowest BCUT2D eigenvalue weighted by Gasteiger charge is -2.09. The van der Waals surface area contributed by atoms with Crippen molar-refractivity contribution >= 4 is 33.9 Å². The van der Waals surface area contributed by atoms with Crippen molar-refractivity contribution in [1.82, 2.24) is 14.7 Å². The highest BCUT2D eigenvalue weighted by Crippen LogP contribution is 2.23. The number of nitrogens with one attached hydrogen (secondary N) is 2. The van der Waals surface area contributed by atoms with Crippen LogP contribution in [0.5, 0.6) is 0 Å². The number of fused-ring (bicyclic) bond motifs is 2. The number of imidazole rings is 1. The summed E-state index contributed by atoms with van der Waals surface area (Å²) in [6, 6.07) is 17.7. The second-order valence-corrected chi connectivity index (χ2v) is 7.36. The minimum absolute atomic E-state index is 0.0674. The Balaban J connectivity index is 1.33. The molecule has 0 spiro atoms. The van der Waals surface area contributed by atoms with Gasteiger partial charge in [0.2, 0.25) is 5.91 Å². The molecule has 0 radical (unpaired) electrons. The molecule has 0 aliphatic rings. The van der Waals surface area contributed by atoms with Crippen LogP contribution in [0.4, 0.5) is 5.69 Å². The van der Waals surface area contributed by atoms with Gasteiger partial charge in [-0.25, -0.2) is 4.98 Å². The van der Waals surface area contributed by atoms with Crippen LogP contribution in [0.25, 0.3) is 16.4 Å². The van der Waals surface area contributed by atoms with Gasteiger partial charge in [-0.15, -0.1) is 0 Å². The third-order valence-corrected chi connectivity index (χ3v) is 5.16. The molecule has 0 bridgehead atoms. The van der Waals surface area contributed by atoms with Crippen molar-refractivity contribution in [1.29, 1.82) is 0 Å². The number of anilines is 1. The van der Waals surface area contributed by atoms with Crippen LogP contribution in [0.1, 0.15) is 34.6 Å². The number of nitrogens with zero attached hydrogens (tertiary/aromatic N) is 2. The second kappa shape index (κ2) is 8.37. The Morgan fingerprint density at radius 2 is 1.80 bits per heavy atom. The molecule has 0 aliphatic carbocycles. The summed E-state index contributed by atoms with van der Waals surface area (Å²) in [6.45, 7) is 4.22. The van der Waals surface area contributed by atoms with E-state index in [0.717, 1.165) is 27.7 Å². The SMILES string of the molecule is Cc1nc2c(C)cccn2c1C(=O)NCCCC(=O)Nc1cccc2ccccc12. The van der Waals surface area contributed by atoms with Crippen molar-refractivity contribution in [3.63, 3.8) is 0 Å². The maximum Gasteiger partial charge on any atom is 0.270 e. The third-order valence-electron chi connectivity index (χ3n) is 5.16. The first-order valence-electron chi connectivity index (χ1n) is 10.0. The van der Waals surface area contributed by atoms with E-state index < -0.39 is 0 Å². The predicted molar refractivity (Wildman–Crippen MR) is 119 cm³/mol. The molecule has 0 atom stereocenters. The molecule has 2 amide bonds. The quantitative estimate of drug-likeness (QED) is 0.475. The zero-order chi connectivity index (χ0) is 21.1. The topological polar surface area (TPSA) is 75.5 Å². The van der Waals surface area contributed by atoms with E-state index >= 15 is 0 Å². The van der Waals surface area contributed by atoms with E-state index in [-0.39, 0.29) is 11.8 Å². The molecule has 4 aromatic rings. The van der Waals surface area contributed by atoms with Crippen LogP contribution >= 0.6 is 0 Å². The van der Waals surface area contributed by atoms with E-state index in [1.165, 1.54) is 0 Å². The summed E-state index contributed by atoms with van der Waals surface area (Å²) in [7, 11) is 0. The molecule has 0 saturated carbocycles. The van der Waals surface area contributed by atoms with Crippen LogP contribution in [0.15, 0.2) is 60.8 Å². The van der Waals surface area contributed by atoms with E-state index in [2.05, 4.69) is 15.6 Å². The van der Waals surface area contributed by atoms with Gasteiger partial charge in [0.1, 0.15) is 11.3 Å². The molecule has 0 fully saturated rings. The van der Waals surface area contributed by atoms with Gasteiger partial charge in [-0.1, -0.05) is 42.5 Å². The van der Waals surface area contributed by atoms with Gasteiger partial charge in [0.05, 0.1) is 5.69 Å². The van der Waals surface area contributed by atoms with Gasteiger partial charge in [0.15, 0.2) is 0 Å². The molecule has 6 nitrogen and oxygen atoms in total. The number of carbonyl (C=O) groups excluding carboxylic acids is 2. The summed E-state index contributed by atoms with van der Waals surface area (Å²) in [5.74, 6) is -0.248. The zero-order valence-electron chi connectivity index (χ0n) is 17.1. The molecule has 0 aliphatic heterocycles. The zero-order valence-corrected chi connectivity index (χ0v) is 17.1. The Bertz CT molecular complexity index is 1240. The average Bonchev–Trinajstić information content (AvgIpc) is 3.09. The first kappa shape index (κ1) is 19.6. The van der Waals surface area contributed by atoms with E-state index in [4.69, 9.17) is 0 Å². The normalized spacial score (nSPS) is 11.0. The lowest BCUT2D eigenvalue weighted by atomic mass is 10.1. The summed E-state index contributed by atoms with van der Waals surface area (Å²) in [4.78, 5) is 29.5. The number of rotatable bonds is 6. The summed E-state index contributed by atoms with van der Waals surface area (Å²) in [5, 5.41) is 7.98. The number of aromatic nitrogens is 2. The Labute approximate surface area is 174 Å². The maximum atomic E-state index is 12.7. The van der Waals surface area contributed by atoms with Crippen molar-refractivity contribution in [2.24, 2.45) is 0 Å². The first-order chi connectivity index (χ1) is 14.5. The highest BCUT2D eigenvalue weighted by Gasteiger charge is 2.17. The number of pyridine rings is 1. The summed E-state index contributed by atoms with van der Waals surface area (Å²) in [6.07, 6.45) is 2.72. The largest absolute Gasteiger partial charge is 0.351 e. The lowest BCUT2D eigenvalue weighted by molar-refractivity contribution is -0.116. The molecule has 0 unspecified atom stereocenters. The predicted octanol–water partition coefficient (Wildman–Crippen LogP) is 4.25. The van der Waals surface area contributed by atoms with Crippen molar-refractivity contribution in [2.75, 3.05) is 11.9 Å². The van der Waals surface area contributed by atoms with E-state index in [0.29, 0.717) is 30.8 Å². The smallest absolute Gasteiger partial charge is 0.270 e. The van der Waals surface area contributed by atoms with Crippen LogP contribution in [0.2, 0.25) is 0 Å². The monoisotopic (exact) mass is 400 g/mol. The molecule has 0 saturated heterocycles. The average molecular weight is 400 g/mol. The van der Waals surface area contributed by atoms with E-state index in [1.807, 2.05) is 79.0 Å². The standard InChI is InChI=1S/C24H24N4O2/c1-16-8-7-15-28-22(17(2)26-23(16)28)24(30)25-14-6-13-21(29)27-20-12-5-10-18-9-3-4-11-19(18)20/h3-5,7-12,15H,6,13-14H2,1-2H3,(H,25,30)(H,27,29).